The zero-order valence-electron chi connectivity index (χ0n) is 14.4. The minimum atomic E-state index is -0.147. The van der Waals surface area contributed by atoms with E-state index in [1.165, 1.54) is 5.56 Å². The molecule has 132 valence electrons. The Kier molecular flexibility index (Phi) is 6.40. The van der Waals surface area contributed by atoms with Gasteiger partial charge in [-0.15, -0.1) is 0 Å². The molecule has 1 unspecified atom stereocenters. The first-order valence-electron chi connectivity index (χ1n) is 8.95. The first-order chi connectivity index (χ1) is 12.3. The van der Waals surface area contributed by atoms with E-state index in [1.54, 1.807) is 12.3 Å². The molecule has 0 bridgehead atoms. The Balaban J connectivity index is 1.38. The second kappa shape index (κ2) is 9.18. The normalized spacial score (nSPS) is 16.6. The maximum atomic E-state index is 12.1. The van der Waals surface area contributed by atoms with Crippen molar-refractivity contribution in [3.63, 3.8) is 0 Å². The molecule has 0 radical (unpaired) electrons. The number of carbonyl (C=O) groups is 1. The van der Waals surface area contributed by atoms with E-state index < -0.39 is 0 Å². The van der Waals surface area contributed by atoms with Gasteiger partial charge >= 0.3 is 0 Å². The summed E-state index contributed by atoms with van der Waals surface area (Å²) in [5, 5.41) is 6.23. The third kappa shape index (κ3) is 5.57. The summed E-state index contributed by atoms with van der Waals surface area (Å²) in [4.78, 5) is 16.3. The van der Waals surface area contributed by atoms with Crippen LogP contribution in [-0.2, 0) is 11.2 Å². The van der Waals surface area contributed by atoms with Crippen molar-refractivity contribution in [2.45, 2.75) is 31.8 Å². The van der Waals surface area contributed by atoms with Crippen molar-refractivity contribution in [2.24, 2.45) is 0 Å². The number of nitrogens with one attached hydrogen (secondary N) is 2. The predicted octanol–water partition coefficient (Wildman–Crippen LogP) is 3.04. The number of benzene rings is 1. The number of aromatic nitrogens is 1. The SMILES string of the molecule is O=C(NCC1CCCO1)c1ccc(NCCCc2ccccc2)cn1. The molecule has 1 saturated heterocycles. The first-order valence-corrected chi connectivity index (χ1v) is 8.95. The van der Waals surface area contributed by atoms with E-state index in [2.05, 4.69) is 39.9 Å². The third-order valence-electron chi connectivity index (χ3n) is 4.32. The molecular weight excluding hydrogens is 314 g/mol. The van der Waals surface area contributed by atoms with Gasteiger partial charge in [0, 0.05) is 19.7 Å². The van der Waals surface area contributed by atoms with E-state index in [-0.39, 0.29) is 12.0 Å². The van der Waals surface area contributed by atoms with Crippen LogP contribution >= 0.6 is 0 Å². The number of anilines is 1. The number of carbonyl (C=O) groups excluding carboxylic acids is 1. The topological polar surface area (TPSA) is 63.2 Å². The molecule has 1 aromatic heterocycles. The predicted molar refractivity (Wildman–Crippen MR) is 98.8 cm³/mol. The van der Waals surface area contributed by atoms with Crippen LogP contribution in [0.2, 0.25) is 0 Å². The van der Waals surface area contributed by atoms with Gasteiger partial charge in [-0.3, -0.25) is 4.79 Å². The van der Waals surface area contributed by atoms with Crippen molar-refractivity contribution < 1.29 is 9.53 Å². The maximum Gasteiger partial charge on any atom is 0.269 e. The molecule has 1 atom stereocenters. The van der Waals surface area contributed by atoms with Crippen molar-refractivity contribution in [2.75, 3.05) is 25.0 Å². The molecule has 1 aliphatic heterocycles. The van der Waals surface area contributed by atoms with E-state index in [9.17, 15) is 4.79 Å². The van der Waals surface area contributed by atoms with Gasteiger partial charge in [-0.05, 0) is 43.4 Å². The number of ether oxygens (including phenoxy) is 1. The number of hydrogen-bond donors (Lipinski definition) is 2. The second-order valence-electron chi connectivity index (χ2n) is 6.29. The van der Waals surface area contributed by atoms with Gasteiger partial charge in [-0.1, -0.05) is 30.3 Å². The summed E-state index contributed by atoms with van der Waals surface area (Å²) in [7, 11) is 0. The van der Waals surface area contributed by atoms with Crippen LogP contribution in [0, 0.1) is 0 Å². The van der Waals surface area contributed by atoms with E-state index in [4.69, 9.17) is 4.74 Å². The van der Waals surface area contributed by atoms with Gasteiger partial charge in [0.1, 0.15) is 5.69 Å². The summed E-state index contributed by atoms with van der Waals surface area (Å²) in [5.41, 5.74) is 2.72. The number of amides is 1. The Bertz CT molecular complexity index is 652. The number of rotatable bonds is 8. The molecular formula is C20H25N3O2. The summed E-state index contributed by atoms with van der Waals surface area (Å²) < 4.78 is 5.50. The van der Waals surface area contributed by atoms with Gasteiger partial charge < -0.3 is 15.4 Å². The lowest BCUT2D eigenvalue weighted by atomic mass is 10.1. The zero-order valence-corrected chi connectivity index (χ0v) is 14.4. The lowest BCUT2D eigenvalue weighted by Crippen LogP contribution is -2.32. The van der Waals surface area contributed by atoms with Gasteiger partial charge in [0.2, 0.25) is 0 Å². The van der Waals surface area contributed by atoms with Crippen molar-refractivity contribution in [3.05, 3.63) is 59.9 Å². The highest BCUT2D eigenvalue weighted by Gasteiger charge is 2.16. The van der Waals surface area contributed by atoms with Gasteiger partial charge in [-0.2, -0.15) is 0 Å². The van der Waals surface area contributed by atoms with Crippen LogP contribution in [0.4, 0.5) is 5.69 Å². The number of nitrogens with zero attached hydrogens (tertiary/aromatic N) is 1. The number of pyridine rings is 1. The van der Waals surface area contributed by atoms with Crippen LogP contribution in [0.15, 0.2) is 48.7 Å². The molecule has 1 aliphatic rings. The van der Waals surface area contributed by atoms with Crippen LogP contribution < -0.4 is 10.6 Å². The number of aryl methyl sites for hydroxylation is 1. The fraction of sp³-hybridized carbons (Fsp3) is 0.400. The quantitative estimate of drug-likeness (QED) is 0.726. The lowest BCUT2D eigenvalue weighted by Gasteiger charge is -2.11. The number of hydrogen-bond acceptors (Lipinski definition) is 4. The van der Waals surface area contributed by atoms with Crippen LogP contribution in [0.5, 0.6) is 0 Å². The smallest absolute Gasteiger partial charge is 0.269 e. The summed E-state index contributed by atoms with van der Waals surface area (Å²) in [6.45, 7) is 2.23. The van der Waals surface area contributed by atoms with Crippen LogP contribution in [0.3, 0.4) is 0 Å². The molecule has 5 heteroatoms. The molecule has 0 saturated carbocycles. The molecule has 3 rings (SSSR count). The Hall–Kier alpha value is -2.40. The Labute approximate surface area is 148 Å². The summed E-state index contributed by atoms with van der Waals surface area (Å²) in [6, 6.07) is 14.1. The molecule has 1 aromatic carbocycles. The molecule has 1 fully saturated rings. The molecule has 1 amide bonds. The average Bonchev–Trinajstić information content (AvgIpc) is 3.18. The van der Waals surface area contributed by atoms with Crippen molar-refractivity contribution >= 4 is 11.6 Å². The molecule has 25 heavy (non-hydrogen) atoms. The van der Waals surface area contributed by atoms with Gasteiger partial charge in [0.15, 0.2) is 0 Å². The molecule has 2 heterocycles. The van der Waals surface area contributed by atoms with Gasteiger partial charge in [0.05, 0.1) is 18.0 Å². The minimum Gasteiger partial charge on any atom is -0.384 e. The molecule has 0 aliphatic carbocycles. The average molecular weight is 339 g/mol. The highest BCUT2D eigenvalue weighted by molar-refractivity contribution is 5.92. The largest absolute Gasteiger partial charge is 0.384 e. The fourth-order valence-corrected chi connectivity index (χ4v) is 2.91. The monoisotopic (exact) mass is 339 g/mol. The lowest BCUT2D eigenvalue weighted by molar-refractivity contribution is 0.0854. The van der Waals surface area contributed by atoms with E-state index in [0.29, 0.717) is 12.2 Å². The standard InChI is InChI=1S/C20H25N3O2/c24-20(23-15-18-9-5-13-25-18)19-11-10-17(14-22-19)21-12-4-8-16-6-2-1-3-7-16/h1-3,6-7,10-11,14,18,21H,4-5,8-9,12-13,15H2,(H,23,24). The zero-order chi connectivity index (χ0) is 17.3. The summed E-state index contributed by atoms with van der Waals surface area (Å²) in [6.07, 6.45) is 6.04. The first kappa shape index (κ1) is 17.4. The highest BCUT2D eigenvalue weighted by Crippen LogP contribution is 2.11. The van der Waals surface area contributed by atoms with E-state index >= 15 is 0 Å². The van der Waals surface area contributed by atoms with Crippen molar-refractivity contribution in [1.82, 2.24) is 10.3 Å². The van der Waals surface area contributed by atoms with E-state index in [0.717, 1.165) is 44.5 Å². The third-order valence-corrected chi connectivity index (χ3v) is 4.32. The van der Waals surface area contributed by atoms with Crippen LogP contribution in [-0.4, -0.2) is 36.7 Å². The second-order valence-corrected chi connectivity index (χ2v) is 6.29. The van der Waals surface area contributed by atoms with Gasteiger partial charge in [-0.25, -0.2) is 4.98 Å². The van der Waals surface area contributed by atoms with E-state index in [1.807, 2.05) is 12.1 Å². The van der Waals surface area contributed by atoms with Crippen molar-refractivity contribution in [3.8, 4) is 0 Å². The summed E-state index contributed by atoms with van der Waals surface area (Å²) in [5.74, 6) is -0.147. The van der Waals surface area contributed by atoms with Crippen LogP contribution in [0.1, 0.15) is 35.3 Å². The Morgan fingerprint density at radius 3 is 2.80 bits per heavy atom. The minimum absolute atomic E-state index is 0.147. The van der Waals surface area contributed by atoms with Gasteiger partial charge in [0.25, 0.3) is 5.91 Å². The molecule has 2 aromatic rings. The molecule has 0 spiro atoms. The Morgan fingerprint density at radius 1 is 1.20 bits per heavy atom. The summed E-state index contributed by atoms with van der Waals surface area (Å²) >= 11 is 0. The Morgan fingerprint density at radius 2 is 2.08 bits per heavy atom. The van der Waals surface area contributed by atoms with Crippen molar-refractivity contribution in [1.29, 1.82) is 0 Å². The van der Waals surface area contributed by atoms with Crippen LogP contribution in [0.25, 0.3) is 0 Å². The molecule has 5 nitrogen and oxygen atoms in total. The fourth-order valence-electron chi connectivity index (χ4n) is 2.91. The molecule has 2 N–H and O–H groups in total. The highest BCUT2D eigenvalue weighted by atomic mass is 16.5. The maximum absolute atomic E-state index is 12.1.